The van der Waals surface area contributed by atoms with Gasteiger partial charge in [0.15, 0.2) is 5.65 Å². The summed E-state index contributed by atoms with van der Waals surface area (Å²) in [6.45, 7) is 0.612. The van der Waals surface area contributed by atoms with Crippen LogP contribution in [-0.4, -0.2) is 56.4 Å². The van der Waals surface area contributed by atoms with Crippen molar-refractivity contribution in [1.82, 2.24) is 29.9 Å². The first-order valence-electron chi connectivity index (χ1n) is 7.00. The van der Waals surface area contributed by atoms with Gasteiger partial charge in [0.2, 0.25) is 23.7 Å². The molecule has 24 heavy (non-hydrogen) atoms. The Morgan fingerprint density at radius 3 is 2.62 bits per heavy atom. The molecule has 10 nitrogen and oxygen atoms in total. The quantitative estimate of drug-likeness (QED) is 0.321. The number of nitrogen functional groups attached to an aromatic ring is 1. The average molecular weight is 348 g/mol. The van der Waals surface area contributed by atoms with E-state index in [1.165, 1.54) is 26.0 Å². The molecule has 0 spiro atoms. The highest BCUT2D eigenvalue weighted by atomic mass is 32.2. The van der Waals surface area contributed by atoms with Crippen molar-refractivity contribution >= 4 is 34.8 Å². The van der Waals surface area contributed by atoms with E-state index < -0.39 is 0 Å². The number of anilines is 2. The number of hydrogen-bond donors (Lipinski definition) is 3. The van der Waals surface area contributed by atoms with E-state index in [0.717, 1.165) is 10.5 Å². The van der Waals surface area contributed by atoms with Gasteiger partial charge in [0.05, 0.1) is 26.6 Å². The summed E-state index contributed by atoms with van der Waals surface area (Å²) in [7, 11) is 3.08. The van der Waals surface area contributed by atoms with Crippen LogP contribution < -0.4 is 20.5 Å². The summed E-state index contributed by atoms with van der Waals surface area (Å²) in [6.07, 6.45) is 1.57. The van der Waals surface area contributed by atoms with E-state index in [1.807, 2.05) is 0 Å². The molecule has 11 heteroatoms. The van der Waals surface area contributed by atoms with Gasteiger partial charge in [-0.2, -0.15) is 15.0 Å². The Morgan fingerprint density at radius 1 is 1.17 bits per heavy atom. The van der Waals surface area contributed by atoms with E-state index >= 15 is 0 Å². The number of imidazole rings is 1. The predicted octanol–water partition coefficient (Wildman–Crippen LogP) is 0.946. The summed E-state index contributed by atoms with van der Waals surface area (Å²) in [5.41, 5.74) is 7.02. The van der Waals surface area contributed by atoms with Gasteiger partial charge in [-0.15, -0.1) is 11.8 Å². The first-order valence-corrected chi connectivity index (χ1v) is 7.98. The number of hydrogen-bond acceptors (Lipinski definition) is 10. The number of H-pyrrole nitrogens is 1. The van der Waals surface area contributed by atoms with Crippen molar-refractivity contribution in [3.8, 4) is 11.8 Å². The zero-order chi connectivity index (χ0) is 16.9. The van der Waals surface area contributed by atoms with Crippen molar-refractivity contribution in [1.29, 1.82) is 0 Å². The van der Waals surface area contributed by atoms with Crippen LogP contribution >= 0.6 is 11.8 Å². The van der Waals surface area contributed by atoms with E-state index in [2.05, 4.69) is 35.2 Å². The molecule has 0 radical (unpaired) electrons. The van der Waals surface area contributed by atoms with Gasteiger partial charge in [-0.05, 0) is 0 Å². The summed E-state index contributed by atoms with van der Waals surface area (Å²) < 4.78 is 10.2. The third kappa shape index (κ3) is 3.56. The van der Waals surface area contributed by atoms with Crippen LogP contribution in [0.15, 0.2) is 17.4 Å². The number of methoxy groups -OCH3 is 2. The summed E-state index contributed by atoms with van der Waals surface area (Å²) in [4.78, 5) is 23.8. The van der Waals surface area contributed by atoms with Crippen molar-refractivity contribution in [2.75, 3.05) is 37.6 Å². The van der Waals surface area contributed by atoms with E-state index in [4.69, 9.17) is 15.2 Å². The second-order valence-electron chi connectivity index (χ2n) is 4.54. The lowest BCUT2D eigenvalue weighted by molar-refractivity contribution is 0.373. The second-order valence-corrected chi connectivity index (χ2v) is 5.62. The van der Waals surface area contributed by atoms with Crippen LogP contribution in [0, 0.1) is 0 Å². The Balaban J connectivity index is 1.61. The van der Waals surface area contributed by atoms with Crippen LogP contribution in [0.25, 0.3) is 11.2 Å². The number of rotatable bonds is 7. The number of nitrogens with zero attached hydrogens (tertiary/aromatic N) is 5. The average Bonchev–Trinajstić information content (AvgIpc) is 3.06. The molecule has 0 saturated heterocycles. The molecule has 3 aromatic rings. The van der Waals surface area contributed by atoms with Gasteiger partial charge < -0.3 is 25.5 Å². The van der Waals surface area contributed by atoms with Crippen LogP contribution in [0.5, 0.6) is 11.8 Å². The highest BCUT2D eigenvalue weighted by molar-refractivity contribution is 7.99. The van der Waals surface area contributed by atoms with E-state index in [1.54, 1.807) is 12.4 Å². The standard InChI is InChI=1S/C13H16N8O2S/c1-22-7-5-8(23-2)19-13(18-7)15-3-4-24-11-9-10(17-6-16-9)20-12(14)21-11/h5-6H,3-4H2,1-2H3,(H,15,18,19)(H3,14,16,17,20,21). The van der Waals surface area contributed by atoms with Gasteiger partial charge in [0.25, 0.3) is 0 Å². The maximum atomic E-state index is 5.69. The molecule has 0 aliphatic heterocycles. The third-order valence-electron chi connectivity index (χ3n) is 2.99. The van der Waals surface area contributed by atoms with Crippen molar-refractivity contribution in [3.63, 3.8) is 0 Å². The van der Waals surface area contributed by atoms with Gasteiger partial charge >= 0.3 is 0 Å². The molecule has 0 atom stereocenters. The van der Waals surface area contributed by atoms with Crippen molar-refractivity contribution in [2.45, 2.75) is 5.03 Å². The molecule has 0 bridgehead atoms. The lowest BCUT2D eigenvalue weighted by Crippen LogP contribution is -2.09. The lowest BCUT2D eigenvalue weighted by Gasteiger charge is -2.08. The number of nitrogens with two attached hydrogens (primary N) is 1. The number of thioether (sulfide) groups is 1. The molecular weight excluding hydrogens is 332 g/mol. The fourth-order valence-electron chi connectivity index (χ4n) is 1.93. The van der Waals surface area contributed by atoms with Crippen LogP contribution in [-0.2, 0) is 0 Å². The fraction of sp³-hybridized carbons (Fsp3) is 0.308. The molecule has 0 saturated carbocycles. The molecule has 0 fully saturated rings. The van der Waals surface area contributed by atoms with E-state index in [0.29, 0.717) is 35.7 Å². The zero-order valence-electron chi connectivity index (χ0n) is 13.1. The molecule has 0 aromatic carbocycles. The van der Waals surface area contributed by atoms with Gasteiger partial charge in [0.1, 0.15) is 10.5 Å². The van der Waals surface area contributed by atoms with Crippen molar-refractivity contribution in [2.24, 2.45) is 0 Å². The maximum Gasteiger partial charge on any atom is 0.229 e. The predicted molar refractivity (Wildman–Crippen MR) is 90.4 cm³/mol. The lowest BCUT2D eigenvalue weighted by atomic mass is 10.5. The Hall–Kier alpha value is -2.82. The first-order chi connectivity index (χ1) is 11.7. The summed E-state index contributed by atoms with van der Waals surface area (Å²) in [5, 5.41) is 3.87. The van der Waals surface area contributed by atoms with E-state index in [-0.39, 0.29) is 5.95 Å². The van der Waals surface area contributed by atoms with Crippen LogP contribution in [0.2, 0.25) is 0 Å². The highest BCUT2D eigenvalue weighted by Crippen LogP contribution is 2.23. The Morgan fingerprint density at radius 2 is 1.92 bits per heavy atom. The molecule has 4 N–H and O–H groups in total. The minimum atomic E-state index is 0.200. The van der Waals surface area contributed by atoms with Gasteiger partial charge in [-0.25, -0.2) is 9.97 Å². The number of nitrogens with one attached hydrogen (secondary N) is 2. The minimum Gasteiger partial charge on any atom is -0.481 e. The summed E-state index contributed by atoms with van der Waals surface area (Å²) >= 11 is 1.52. The van der Waals surface area contributed by atoms with Crippen LogP contribution in [0.4, 0.5) is 11.9 Å². The largest absolute Gasteiger partial charge is 0.481 e. The molecule has 126 valence electrons. The van der Waals surface area contributed by atoms with Gasteiger partial charge in [0, 0.05) is 12.3 Å². The number of ether oxygens (including phenoxy) is 2. The maximum absolute atomic E-state index is 5.69. The molecule has 3 rings (SSSR count). The molecule has 0 unspecified atom stereocenters. The van der Waals surface area contributed by atoms with Gasteiger partial charge in [-0.1, -0.05) is 0 Å². The van der Waals surface area contributed by atoms with Crippen molar-refractivity contribution in [3.05, 3.63) is 12.4 Å². The zero-order valence-corrected chi connectivity index (χ0v) is 13.9. The fourth-order valence-corrected chi connectivity index (χ4v) is 2.78. The van der Waals surface area contributed by atoms with Gasteiger partial charge in [-0.3, -0.25) is 0 Å². The Kier molecular flexibility index (Phi) is 4.79. The molecular formula is C13H16N8O2S. The summed E-state index contributed by atoms with van der Waals surface area (Å²) in [6, 6.07) is 1.61. The van der Waals surface area contributed by atoms with Crippen molar-refractivity contribution < 1.29 is 9.47 Å². The SMILES string of the molecule is COc1cc(OC)nc(NCCSc2nc(N)nc3nc[nH]c23)n1. The first kappa shape index (κ1) is 16.1. The van der Waals surface area contributed by atoms with Crippen LogP contribution in [0.3, 0.4) is 0 Å². The number of aromatic amines is 1. The highest BCUT2D eigenvalue weighted by Gasteiger charge is 2.09. The third-order valence-corrected chi connectivity index (χ3v) is 3.97. The Labute approximate surface area is 141 Å². The molecule has 3 aromatic heterocycles. The summed E-state index contributed by atoms with van der Waals surface area (Å²) in [5.74, 6) is 2.21. The molecule has 0 aliphatic carbocycles. The molecule has 3 heterocycles. The minimum absolute atomic E-state index is 0.200. The monoisotopic (exact) mass is 348 g/mol. The normalized spacial score (nSPS) is 10.8. The molecule has 0 amide bonds. The molecule has 0 aliphatic rings. The number of aromatic nitrogens is 6. The number of fused-ring (bicyclic) bond motifs is 1. The Bertz CT molecular complexity index is 818. The van der Waals surface area contributed by atoms with Crippen LogP contribution in [0.1, 0.15) is 0 Å². The van der Waals surface area contributed by atoms with E-state index in [9.17, 15) is 0 Å². The topological polar surface area (TPSA) is 137 Å². The second kappa shape index (κ2) is 7.17. The smallest absolute Gasteiger partial charge is 0.229 e.